The third-order valence-electron chi connectivity index (χ3n) is 3.78. The summed E-state index contributed by atoms with van der Waals surface area (Å²) in [5.41, 5.74) is 6.88. The fourth-order valence-electron chi connectivity index (χ4n) is 2.46. The molecule has 0 aliphatic carbocycles. The largest absolute Gasteiger partial charge is 0.397 e. The average molecular weight is 311 g/mol. The van der Waals surface area contributed by atoms with Crippen molar-refractivity contribution in [3.63, 3.8) is 0 Å². The van der Waals surface area contributed by atoms with E-state index in [1.807, 2.05) is 0 Å². The third-order valence-corrected chi connectivity index (χ3v) is 4.13. The molecule has 1 saturated heterocycles. The predicted molar refractivity (Wildman–Crippen MR) is 87.6 cm³/mol. The molecule has 1 aromatic rings. The summed E-state index contributed by atoms with van der Waals surface area (Å²) < 4.78 is 0. The van der Waals surface area contributed by atoms with Crippen LogP contribution in [0.1, 0.15) is 13.8 Å². The van der Waals surface area contributed by atoms with E-state index in [2.05, 4.69) is 29.0 Å². The van der Waals surface area contributed by atoms with E-state index in [-0.39, 0.29) is 5.91 Å². The Labute approximate surface area is 131 Å². The Hall–Kier alpha value is -1.30. The SMILES string of the molecule is CC(C)N1CCN(CC(=O)Nc2ccc(Cl)c(N)c2)CC1. The third kappa shape index (κ3) is 4.59. The zero-order valence-corrected chi connectivity index (χ0v) is 13.4. The molecule has 1 fully saturated rings. The lowest BCUT2D eigenvalue weighted by Gasteiger charge is -2.36. The number of anilines is 2. The molecule has 5 nitrogen and oxygen atoms in total. The lowest BCUT2D eigenvalue weighted by atomic mass is 10.2. The molecule has 1 aromatic carbocycles. The summed E-state index contributed by atoms with van der Waals surface area (Å²) in [6, 6.07) is 5.69. The van der Waals surface area contributed by atoms with E-state index in [4.69, 9.17) is 17.3 Å². The maximum Gasteiger partial charge on any atom is 0.238 e. The van der Waals surface area contributed by atoms with Gasteiger partial charge in [-0.15, -0.1) is 0 Å². The van der Waals surface area contributed by atoms with Crippen molar-refractivity contribution in [3.05, 3.63) is 23.2 Å². The molecule has 0 bridgehead atoms. The van der Waals surface area contributed by atoms with E-state index >= 15 is 0 Å². The molecule has 1 aliphatic rings. The zero-order chi connectivity index (χ0) is 15.4. The number of benzene rings is 1. The van der Waals surface area contributed by atoms with E-state index in [1.54, 1.807) is 18.2 Å². The molecule has 0 saturated carbocycles. The molecule has 6 heteroatoms. The summed E-state index contributed by atoms with van der Waals surface area (Å²) in [4.78, 5) is 16.7. The van der Waals surface area contributed by atoms with Gasteiger partial charge in [0.05, 0.1) is 17.3 Å². The number of hydrogen-bond acceptors (Lipinski definition) is 4. The average Bonchev–Trinajstić information content (AvgIpc) is 2.43. The fraction of sp³-hybridized carbons (Fsp3) is 0.533. The van der Waals surface area contributed by atoms with Crippen LogP contribution in [0.5, 0.6) is 0 Å². The summed E-state index contributed by atoms with van der Waals surface area (Å²) in [5, 5.41) is 3.36. The topological polar surface area (TPSA) is 61.6 Å². The molecule has 0 aromatic heterocycles. The van der Waals surface area contributed by atoms with Gasteiger partial charge in [0.25, 0.3) is 0 Å². The predicted octanol–water partition coefficient (Wildman–Crippen LogP) is 1.89. The van der Waals surface area contributed by atoms with Crippen LogP contribution in [0.2, 0.25) is 5.02 Å². The molecule has 116 valence electrons. The highest BCUT2D eigenvalue weighted by Crippen LogP contribution is 2.22. The lowest BCUT2D eigenvalue weighted by molar-refractivity contribution is -0.117. The monoisotopic (exact) mass is 310 g/mol. The highest BCUT2D eigenvalue weighted by molar-refractivity contribution is 6.33. The smallest absolute Gasteiger partial charge is 0.238 e. The van der Waals surface area contributed by atoms with E-state index in [0.717, 1.165) is 26.2 Å². The van der Waals surface area contributed by atoms with Crippen molar-refractivity contribution in [1.29, 1.82) is 0 Å². The standard InChI is InChI=1S/C15H23ClN4O/c1-11(2)20-7-5-19(6-8-20)10-15(21)18-12-3-4-13(16)14(17)9-12/h3-4,9,11H,5-8,10,17H2,1-2H3,(H,18,21). The summed E-state index contributed by atoms with van der Waals surface area (Å²) in [5.74, 6) is -0.0188. The second-order valence-corrected chi connectivity index (χ2v) is 6.10. The van der Waals surface area contributed by atoms with Gasteiger partial charge >= 0.3 is 0 Å². The first-order valence-electron chi connectivity index (χ1n) is 7.27. The van der Waals surface area contributed by atoms with Crippen molar-refractivity contribution in [3.8, 4) is 0 Å². The number of nitrogen functional groups attached to an aromatic ring is 1. The minimum Gasteiger partial charge on any atom is -0.397 e. The molecule has 1 amide bonds. The number of amides is 1. The molecule has 21 heavy (non-hydrogen) atoms. The van der Waals surface area contributed by atoms with Gasteiger partial charge < -0.3 is 11.1 Å². The molecule has 0 unspecified atom stereocenters. The first-order chi connectivity index (χ1) is 9.95. The molecule has 1 heterocycles. The summed E-state index contributed by atoms with van der Waals surface area (Å²) in [6.45, 7) is 8.69. The Morgan fingerprint density at radius 2 is 2.00 bits per heavy atom. The number of carbonyl (C=O) groups is 1. The minimum absolute atomic E-state index is 0.0188. The van der Waals surface area contributed by atoms with Crippen LogP contribution in [0.25, 0.3) is 0 Å². The Bertz CT molecular complexity index is 498. The molecular weight excluding hydrogens is 288 g/mol. The minimum atomic E-state index is -0.0188. The normalized spacial score (nSPS) is 17.1. The van der Waals surface area contributed by atoms with Crippen LogP contribution >= 0.6 is 11.6 Å². The zero-order valence-electron chi connectivity index (χ0n) is 12.6. The summed E-state index contributed by atoms with van der Waals surface area (Å²) >= 11 is 5.86. The van der Waals surface area contributed by atoms with Gasteiger partial charge in [-0.1, -0.05) is 11.6 Å². The van der Waals surface area contributed by atoms with Crippen molar-refractivity contribution in [1.82, 2.24) is 9.80 Å². The number of nitrogens with one attached hydrogen (secondary N) is 1. The van der Waals surface area contributed by atoms with Gasteiger partial charge in [0, 0.05) is 37.9 Å². The maximum atomic E-state index is 12.1. The van der Waals surface area contributed by atoms with Crippen LogP contribution in [0, 0.1) is 0 Å². The molecule has 0 radical (unpaired) electrons. The van der Waals surface area contributed by atoms with Gasteiger partial charge in [-0.2, -0.15) is 0 Å². The number of carbonyl (C=O) groups excluding carboxylic acids is 1. The lowest BCUT2D eigenvalue weighted by Crippen LogP contribution is -2.50. The molecule has 1 aliphatic heterocycles. The van der Waals surface area contributed by atoms with Crippen LogP contribution in [-0.2, 0) is 4.79 Å². The second kappa shape index (κ2) is 7.11. The molecular formula is C15H23ClN4O. The molecule has 0 atom stereocenters. The molecule has 2 rings (SSSR count). The highest BCUT2D eigenvalue weighted by Gasteiger charge is 2.20. The van der Waals surface area contributed by atoms with Crippen LogP contribution in [-0.4, -0.2) is 54.5 Å². The Kier molecular flexibility index (Phi) is 5.45. The van der Waals surface area contributed by atoms with Crippen LogP contribution in [0.3, 0.4) is 0 Å². The fourth-order valence-corrected chi connectivity index (χ4v) is 2.58. The van der Waals surface area contributed by atoms with Crippen molar-refractivity contribution in [2.24, 2.45) is 0 Å². The quantitative estimate of drug-likeness (QED) is 0.834. The van der Waals surface area contributed by atoms with Crippen molar-refractivity contribution >= 4 is 28.9 Å². The number of halogens is 1. The van der Waals surface area contributed by atoms with Gasteiger partial charge in [-0.05, 0) is 32.0 Å². The van der Waals surface area contributed by atoms with Gasteiger partial charge in [0.1, 0.15) is 0 Å². The number of piperazine rings is 1. The summed E-state index contributed by atoms with van der Waals surface area (Å²) in [6.07, 6.45) is 0. The van der Waals surface area contributed by atoms with Gasteiger partial charge in [0.15, 0.2) is 0 Å². The highest BCUT2D eigenvalue weighted by atomic mass is 35.5. The molecule has 3 N–H and O–H groups in total. The van der Waals surface area contributed by atoms with Crippen LogP contribution in [0.4, 0.5) is 11.4 Å². The maximum absolute atomic E-state index is 12.1. The van der Waals surface area contributed by atoms with Gasteiger partial charge in [0.2, 0.25) is 5.91 Å². The van der Waals surface area contributed by atoms with E-state index in [1.165, 1.54) is 0 Å². The number of nitrogens with two attached hydrogens (primary N) is 1. The first-order valence-corrected chi connectivity index (χ1v) is 7.65. The molecule has 0 spiro atoms. The first kappa shape index (κ1) is 16.1. The Morgan fingerprint density at radius 3 is 2.57 bits per heavy atom. The number of rotatable bonds is 4. The van der Waals surface area contributed by atoms with Crippen molar-refractivity contribution in [2.45, 2.75) is 19.9 Å². The number of hydrogen-bond donors (Lipinski definition) is 2. The summed E-state index contributed by atoms with van der Waals surface area (Å²) in [7, 11) is 0. The second-order valence-electron chi connectivity index (χ2n) is 5.69. The van der Waals surface area contributed by atoms with E-state index < -0.39 is 0 Å². The van der Waals surface area contributed by atoms with Crippen LogP contribution in [0.15, 0.2) is 18.2 Å². The van der Waals surface area contributed by atoms with E-state index in [9.17, 15) is 4.79 Å². The van der Waals surface area contributed by atoms with Gasteiger partial charge in [-0.3, -0.25) is 14.6 Å². The van der Waals surface area contributed by atoms with Gasteiger partial charge in [-0.25, -0.2) is 0 Å². The Morgan fingerprint density at radius 1 is 1.33 bits per heavy atom. The Balaban J connectivity index is 1.81. The van der Waals surface area contributed by atoms with Crippen molar-refractivity contribution < 1.29 is 4.79 Å². The van der Waals surface area contributed by atoms with E-state index in [0.29, 0.717) is 29.0 Å². The van der Waals surface area contributed by atoms with Crippen molar-refractivity contribution in [2.75, 3.05) is 43.8 Å². The van der Waals surface area contributed by atoms with Crippen LogP contribution < -0.4 is 11.1 Å². The number of nitrogens with zero attached hydrogens (tertiary/aromatic N) is 2.